The first-order valence-electron chi connectivity index (χ1n) is 7.48. The van der Waals surface area contributed by atoms with Gasteiger partial charge in [-0.05, 0) is 51.1 Å². The maximum absolute atomic E-state index is 5.77. The molecule has 0 amide bonds. The highest BCUT2D eigenvalue weighted by molar-refractivity contribution is 7.98. The summed E-state index contributed by atoms with van der Waals surface area (Å²) in [4.78, 5) is 12.5. The van der Waals surface area contributed by atoms with Crippen molar-refractivity contribution in [2.75, 3.05) is 17.3 Å². The van der Waals surface area contributed by atoms with Crippen molar-refractivity contribution in [2.24, 2.45) is 0 Å². The number of nitrogens with two attached hydrogens (primary N) is 1. The van der Waals surface area contributed by atoms with E-state index in [1.165, 1.54) is 11.8 Å². The molecule has 0 saturated heterocycles. The molecule has 1 unspecified atom stereocenters. The topological polar surface area (TPSA) is 86.0 Å². The molecule has 0 radical (unpaired) electrons. The Hall–Kier alpha value is -2.02. The molecule has 0 saturated carbocycles. The summed E-state index contributed by atoms with van der Waals surface area (Å²) in [5.41, 5.74) is 7.94. The smallest absolute Gasteiger partial charge is 0.228 e. The van der Waals surface area contributed by atoms with Gasteiger partial charge in [0.25, 0.3) is 0 Å². The number of benzene rings is 1. The lowest BCUT2D eigenvalue weighted by molar-refractivity contribution is 0.240. The average Bonchev–Trinajstić information content (AvgIpc) is 2.48. The fourth-order valence-corrected chi connectivity index (χ4v) is 2.50. The minimum absolute atomic E-state index is 0.0401. The van der Waals surface area contributed by atoms with Crippen LogP contribution in [-0.4, -0.2) is 27.3 Å². The quantitative estimate of drug-likeness (QED) is 0.783. The number of thioether (sulfide) groups is 1. The fourth-order valence-electron chi connectivity index (χ4n) is 2.13. The zero-order chi connectivity index (χ0) is 17.0. The Bertz CT molecular complexity index is 678. The van der Waals surface area contributed by atoms with Gasteiger partial charge in [-0.15, -0.1) is 0 Å². The minimum Gasteiger partial charge on any atom is -0.491 e. The van der Waals surface area contributed by atoms with E-state index in [1.807, 2.05) is 39.2 Å². The number of hydrogen-bond donors (Lipinski definition) is 2. The van der Waals surface area contributed by atoms with Crippen LogP contribution in [0.4, 0.5) is 11.9 Å². The molecule has 6 nitrogen and oxygen atoms in total. The summed E-state index contributed by atoms with van der Waals surface area (Å²) in [6.07, 6.45) is 2.06. The van der Waals surface area contributed by atoms with Crippen molar-refractivity contribution < 1.29 is 4.74 Å². The summed E-state index contributed by atoms with van der Waals surface area (Å²) < 4.78 is 5.77. The predicted molar refractivity (Wildman–Crippen MR) is 95.0 cm³/mol. The van der Waals surface area contributed by atoms with Crippen molar-refractivity contribution in [3.8, 4) is 5.75 Å². The van der Waals surface area contributed by atoms with Crippen LogP contribution in [0, 0.1) is 6.92 Å². The monoisotopic (exact) mass is 333 g/mol. The highest BCUT2D eigenvalue weighted by Crippen LogP contribution is 2.25. The predicted octanol–water partition coefficient (Wildman–Crippen LogP) is 3.44. The van der Waals surface area contributed by atoms with Crippen molar-refractivity contribution in [2.45, 2.75) is 45.0 Å². The summed E-state index contributed by atoms with van der Waals surface area (Å²) in [6, 6.07) is 6.19. The van der Waals surface area contributed by atoms with Gasteiger partial charge < -0.3 is 15.8 Å². The first-order chi connectivity index (χ1) is 10.9. The second kappa shape index (κ2) is 7.50. The van der Waals surface area contributed by atoms with Crippen molar-refractivity contribution in [1.29, 1.82) is 0 Å². The molecular weight excluding hydrogens is 310 g/mol. The Balaban J connectivity index is 2.16. The van der Waals surface area contributed by atoms with E-state index in [9.17, 15) is 0 Å². The maximum atomic E-state index is 5.77. The van der Waals surface area contributed by atoms with E-state index >= 15 is 0 Å². The molecule has 7 heteroatoms. The molecular formula is C16H23N5OS. The highest BCUT2D eigenvalue weighted by atomic mass is 32.2. The van der Waals surface area contributed by atoms with E-state index in [-0.39, 0.29) is 18.1 Å². The molecule has 23 heavy (non-hydrogen) atoms. The van der Waals surface area contributed by atoms with Crippen molar-refractivity contribution >= 4 is 23.7 Å². The van der Waals surface area contributed by atoms with Gasteiger partial charge in [-0.25, -0.2) is 0 Å². The second-order valence-corrected chi connectivity index (χ2v) is 6.33. The molecule has 0 fully saturated rings. The van der Waals surface area contributed by atoms with Gasteiger partial charge in [0.2, 0.25) is 11.9 Å². The molecule has 1 atom stereocenters. The molecule has 0 aliphatic heterocycles. The summed E-state index contributed by atoms with van der Waals surface area (Å²) in [6.45, 7) is 8.13. The van der Waals surface area contributed by atoms with Gasteiger partial charge in [-0.3, -0.25) is 0 Å². The third kappa shape index (κ3) is 4.72. The van der Waals surface area contributed by atoms with Crippen molar-refractivity contribution in [3.05, 3.63) is 29.3 Å². The molecule has 1 aromatic carbocycles. The third-order valence-corrected chi connectivity index (χ3v) is 3.77. The molecule has 0 aliphatic carbocycles. The summed E-state index contributed by atoms with van der Waals surface area (Å²) in [5.74, 6) is 1.61. The number of nitrogen functional groups attached to an aromatic ring is 1. The molecule has 1 heterocycles. The normalized spacial score (nSPS) is 12.3. The Labute approximate surface area is 141 Å². The van der Waals surface area contributed by atoms with Gasteiger partial charge in [0.15, 0.2) is 5.16 Å². The molecule has 0 aliphatic rings. The van der Waals surface area contributed by atoms with Crippen LogP contribution in [0.15, 0.2) is 23.4 Å². The minimum atomic E-state index is 0.0401. The summed E-state index contributed by atoms with van der Waals surface area (Å²) >= 11 is 1.43. The molecule has 0 spiro atoms. The van der Waals surface area contributed by atoms with Gasteiger partial charge in [-0.2, -0.15) is 15.0 Å². The number of aryl methyl sites for hydroxylation is 1. The SMILES string of the molecule is CSc1nc(N)nc(NC(C)c2ccc(OC(C)C)c(C)c2)n1. The van der Waals surface area contributed by atoms with Crippen LogP contribution in [0.2, 0.25) is 0 Å². The van der Waals surface area contributed by atoms with E-state index in [2.05, 4.69) is 33.3 Å². The highest BCUT2D eigenvalue weighted by Gasteiger charge is 2.11. The lowest BCUT2D eigenvalue weighted by Gasteiger charge is -2.18. The Kier molecular flexibility index (Phi) is 5.65. The van der Waals surface area contributed by atoms with Crippen LogP contribution in [0.1, 0.15) is 37.9 Å². The van der Waals surface area contributed by atoms with E-state index in [0.717, 1.165) is 16.9 Å². The van der Waals surface area contributed by atoms with Crippen molar-refractivity contribution in [3.63, 3.8) is 0 Å². The molecule has 2 rings (SSSR count). The lowest BCUT2D eigenvalue weighted by atomic mass is 10.1. The van der Waals surface area contributed by atoms with Gasteiger partial charge in [0, 0.05) is 0 Å². The summed E-state index contributed by atoms with van der Waals surface area (Å²) in [7, 11) is 0. The Morgan fingerprint density at radius 1 is 1.17 bits per heavy atom. The second-order valence-electron chi connectivity index (χ2n) is 5.56. The van der Waals surface area contributed by atoms with E-state index in [0.29, 0.717) is 11.1 Å². The first kappa shape index (κ1) is 17.3. The Morgan fingerprint density at radius 2 is 1.91 bits per heavy atom. The molecule has 2 aromatic rings. The molecule has 124 valence electrons. The largest absolute Gasteiger partial charge is 0.491 e. The van der Waals surface area contributed by atoms with Crippen LogP contribution in [0.5, 0.6) is 5.75 Å². The Morgan fingerprint density at radius 3 is 2.52 bits per heavy atom. The van der Waals surface area contributed by atoms with E-state index in [1.54, 1.807) is 0 Å². The van der Waals surface area contributed by atoms with Gasteiger partial charge >= 0.3 is 0 Å². The zero-order valence-electron chi connectivity index (χ0n) is 14.1. The van der Waals surface area contributed by atoms with Crippen LogP contribution >= 0.6 is 11.8 Å². The third-order valence-electron chi connectivity index (χ3n) is 3.22. The summed E-state index contributed by atoms with van der Waals surface area (Å²) in [5, 5.41) is 3.87. The number of anilines is 2. The van der Waals surface area contributed by atoms with Crippen molar-refractivity contribution in [1.82, 2.24) is 15.0 Å². The van der Waals surface area contributed by atoms with E-state index in [4.69, 9.17) is 10.5 Å². The van der Waals surface area contributed by atoms with Gasteiger partial charge in [-0.1, -0.05) is 23.9 Å². The van der Waals surface area contributed by atoms with Gasteiger partial charge in [0.1, 0.15) is 5.75 Å². The van der Waals surface area contributed by atoms with Gasteiger partial charge in [0.05, 0.1) is 12.1 Å². The number of nitrogens with one attached hydrogen (secondary N) is 1. The van der Waals surface area contributed by atoms with Crippen LogP contribution in [0.25, 0.3) is 0 Å². The molecule has 3 N–H and O–H groups in total. The fraction of sp³-hybridized carbons (Fsp3) is 0.438. The number of aromatic nitrogens is 3. The lowest BCUT2D eigenvalue weighted by Crippen LogP contribution is -2.12. The van der Waals surface area contributed by atoms with Crippen LogP contribution < -0.4 is 15.8 Å². The van der Waals surface area contributed by atoms with E-state index < -0.39 is 0 Å². The molecule has 0 bridgehead atoms. The standard InChI is InChI=1S/C16H23N5OS/c1-9(2)22-13-7-6-12(8-10(13)3)11(4)18-15-19-14(17)20-16(21-15)23-5/h6-9,11H,1-5H3,(H3,17,18,19,20,21). The number of nitrogens with zero attached hydrogens (tertiary/aromatic N) is 3. The van der Waals surface area contributed by atoms with Crippen LogP contribution in [-0.2, 0) is 0 Å². The number of ether oxygens (including phenoxy) is 1. The average molecular weight is 333 g/mol. The van der Waals surface area contributed by atoms with Crippen LogP contribution in [0.3, 0.4) is 0 Å². The number of hydrogen-bond acceptors (Lipinski definition) is 7. The number of rotatable bonds is 6. The molecule has 1 aromatic heterocycles. The zero-order valence-corrected chi connectivity index (χ0v) is 14.9. The first-order valence-corrected chi connectivity index (χ1v) is 8.70. The maximum Gasteiger partial charge on any atom is 0.228 e.